The first kappa shape index (κ1) is 22.2. The standard InChI is InChI=1S/C29H34N2O3S/c1-27-11-9-23-16-22-5-6-24(31-35(2,32)33)17-28(22)12-13-29(23,34-28)26(27)8-7-25(27)20-4-3-19-10-14-30-18-21(19)15-20/h3-4,9-10,14-16,18,24-26,31H,5-8,11-13,17H2,1-2H3/t24-,25+,26+,27+,28+,29?/m0/s1. The van der Waals surface area contributed by atoms with E-state index in [4.69, 9.17) is 4.74 Å². The monoisotopic (exact) mass is 490 g/mol. The molecule has 3 fully saturated rings. The topological polar surface area (TPSA) is 68.3 Å². The Labute approximate surface area is 208 Å². The number of nitrogens with one attached hydrogen (secondary N) is 1. The van der Waals surface area contributed by atoms with Gasteiger partial charge in [-0.05, 0) is 103 Å². The maximum atomic E-state index is 12.0. The Morgan fingerprint density at radius 3 is 2.86 bits per heavy atom. The molecule has 6 heteroatoms. The van der Waals surface area contributed by atoms with Crippen LogP contribution >= 0.6 is 0 Å². The summed E-state index contributed by atoms with van der Waals surface area (Å²) in [4.78, 5) is 4.35. The Hall–Kier alpha value is -2.02. The zero-order valence-electron chi connectivity index (χ0n) is 20.6. The largest absolute Gasteiger partial charge is 0.359 e. The highest BCUT2D eigenvalue weighted by atomic mass is 32.2. The quantitative estimate of drug-likeness (QED) is 0.626. The summed E-state index contributed by atoms with van der Waals surface area (Å²) in [5.74, 6) is 0.978. The lowest BCUT2D eigenvalue weighted by Gasteiger charge is -2.54. The molecule has 2 aliphatic heterocycles. The smallest absolute Gasteiger partial charge is 0.208 e. The molecule has 1 N–H and O–H groups in total. The molecule has 3 aliphatic carbocycles. The predicted octanol–water partition coefficient (Wildman–Crippen LogP) is 5.39. The number of hydrogen-bond donors (Lipinski definition) is 1. The fourth-order valence-corrected chi connectivity index (χ4v) is 9.49. The average molecular weight is 491 g/mol. The van der Waals surface area contributed by atoms with Crippen LogP contribution in [0.25, 0.3) is 10.8 Å². The van der Waals surface area contributed by atoms with Crippen molar-refractivity contribution in [2.24, 2.45) is 11.3 Å². The van der Waals surface area contributed by atoms with Crippen LogP contribution in [0.3, 0.4) is 0 Å². The minimum absolute atomic E-state index is 0.0414. The van der Waals surface area contributed by atoms with E-state index in [1.54, 1.807) is 0 Å². The van der Waals surface area contributed by atoms with Crippen molar-refractivity contribution in [1.29, 1.82) is 0 Å². The second kappa shape index (κ2) is 7.27. The second-order valence-electron chi connectivity index (χ2n) is 12.0. The predicted molar refractivity (Wildman–Crippen MR) is 137 cm³/mol. The van der Waals surface area contributed by atoms with Gasteiger partial charge in [0.1, 0.15) is 0 Å². The van der Waals surface area contributed by atoms with Gasteiger partial charge in [0.2, 0.25) is 10.0 Å². The van der Waals surface area contributed by atoms with Gasteiger partial charge in [0.05, 0.1) is 17.5 Å². The van der Waals surface area contributed by atoms with Crippen molar-refractivity contribution >= 4 is 20.8 Å². The summed E-state index contributed by atoms with van der Waals surface area (Å²) in [6.45, 7) is 2.49. The molecule has 1 saturated heterocycles. The summed E-state index contributed by atoms with van der Waals surface area (Å²) in [5.41, 5.74) is 3.85. The second-order valence-corrected chi connectivity index (χ2v) is 13.8. The number of allylic oxidation sites excluding steroid dienone is 1. The zero-order valence-corrected chi connectivity index (χ0v) is 21.4. The fourth-order valence-electron chi connectivity index (χ4n) is 8.68. The molecule has 1 aromatic carbocycles. The number of nitrogens with zero attached hydrogens (tertiary/aromatic N) is 1. The number of ether oxygens (including phenoxy) is 1. The highest BCUT2D eigenvalue weighted by Crippen LogP contribution is 2.69. The van der Waals surface area contributed by atoms with Gasteiger partial charge in [-0.2, -0.15) is 0 Å². The molecule has 35 heavy (non-hydrogen) atoms. The first-order valence-corrected chi connectivity index (χ1v) is 15.0. The molecule has 184 valence electrons. The van der Waals surface area contributed by atoms with E-state index in [2.05, 4.69) is 53.0 Å². The van der Waals surface area contributed by atoms with Crippen molar-refractivity contribution < 1.29 is 13.2 Å². The minimum Gasteiger partial charge on any atom is -0.359 e. The summed E-state index contributed by atoms with van der Waals surface area (Å²) in [6, 6.07) is 8.98. The van der Waals surface area contributed by atoms with Gasteiger partial charge >= 0.3 is 0 Å². The van der Waals surface area contributed by atoms with Crippen molar-refractivity contribution in [3.8, 4) is 0 Å². The molecule has 5 aliphatic rings. The number of pyridine rings is 1. The molecule has 6 atom stereocenters. The Morgan fingerprint density at radius 1 is 1.11 bits per heavy atom. The van der Waals surface area contributed by atoms with E-state index >= 15 is 0 Å². The van der Waals surface area contributed by atoms with Gasteiger partial charge < -0.3 is 4.74 Å². The molecule has 2 spiro atoms. The molecule has 3 heterocycles. The minimum atomic E-state index is -3.23. The van der Waals surface area contributed by atoms with Crippen LogP contribution in [-0.4, -0.2) is 36.9 Å². The third kappa shape index (κ3) is 3.19. The molecule has 2 aromatic rings. The van der Waals surface area contributed by atoms with Crippen LogP contribution in [-0.2, 0) is 14.8 Å². The van der Waals surface area contributed by atoms with Crippen LogP contribution in [0.2, 0.25) is 0 Å². The Bertz CT molecular complexity index is 1400. The van der Waals surface area contributed by atoms with E-state index in [1.807, 2.05) is 12.4 Å². The Balaban J connectivity index is 1.24. The molecule has 2 saturated carbocycles. The average Bonchev–Trinajstić information content (AvgIpc) is 3.33. The van der Waals surface area contributed by atoms with Crippen molar-refractivity contribution in [1.82, 2.24) is 9.71 Å². The number of fused-ring (bicyclic) bond motifs is 2. The number of sulfonamides is 1. The normalized spacial score (nSPS) is 40.0. The van der Waals surface area contributed by atoms with Crippen molar-refractivity contribution in [3.63, 3.8) is 0 Å². The van der Waals surface area contributed by atoms with Gasteiger partial charge in [0.25, 0.3) is 0 Å². The molecular formula is C29H34N2O3S. The Morgan fingerprint density at radius 2 is 2.00 bits per heavy atom. The highest BCUT2D eigenvalue weighted by Gasteiger charge is 2.66. The molecule has 1 aromatic heterocycles. The SMILES string of the molecule is C[C@]12CC=C3C=C4CC[C@H](NS(C)(=O)=O)C[C@]45CCC3(O5)[C@@H]1CC[C@@H]2c1ccc2ccncc2c1. The lowest BCUT2D eigenvalue weighted by molar-refractivity contribution is -0.135. The maximum absolute atomic E-state index is 12.0. The van der Waals surface area contributed by atoms with Gasteiger partial charge in [0.15, 0.2) is 0 Å². The van der Waals surface area contributed by atoms with E-state index < -0.39 is 10.0 Å². The molecule has 0 amide bonds. The maximum Gasteiger partial charge on any atom is 0.208 e. The van der Waals surface area contributed by atoms with Crippen molar-refractivity contribution in [3.05, 3.63) is 65.5 Å². The van der Waals surface area contributed by atoms with Gasteiger partial charge in [0, 0.05) is 23.8 Å². The van der Waals surface area contributed by atoms with Crippen LogP contribution in [0.1, 0.15) is 69.8 Å². The number of rotatable bonds is 3. The van der Waals surface area contributed by atoms with Gasteiger partial charge in [-0.3, -0.25) is 4.98 Å². The number of benzene rings is 1. The summed E-state index contributed by atoms with van der Waals surface area (Å²) in [5, 5.41) is 2.46. The van der Waals surface area contributed by atoms with E-state index in [0.717, 1.165) is 38.5 Å². The van der Waals surface area contributed by atoms with Gasteiger partial charge in [-0.1, -0.05) is 31.2 Å². The number of aromatic nitrogens is 1. The molecule has 5 nitrogen and oxygen atoms in total. The third-order valence-corrected chi connectivity index (χ3v) is 10.9. The summed E-state index contributed by atoms with van der Waals surface area (Å²) in [6.07, 6.45) is 18.1. The third-order valence-electron chi connectivity index (χ3n) is 10.1. The van der Waals surface area contributed by atoms with E-state index in [0.29, 0.717) is 11.8 Å². The van der Waals surface area contributed by atoms with E-state index in [9.17, 15) is 8.42 Å². The molecule has 2 bridgehead atoms. The summed E-state index contributed by atoms with van der Waals surface area (Å²) >= 11 is 0. The Kier molecular flexibility index (Phi) is 4.61. The molecule has 0 radical (unpaired) electrons. The fraction of sp³-hybridized carbons (Fsp3) is 0.552. The first-order chi connectivity index (χ1) is 16.7. The molecule has 7 rings (SSSR count). The number of hydrogen-bond acceptors (Lipinski definition) is 4. The lowest BCUT2D eigenvalue weighted by Crippen LogP contribution is -2.55. The van der Waals surface area contributed by atoms with Gasteiger partial charge in [-0.15, -0.1) is 0 Å². The van der Waals surface area contributed by atoms with Crippen LogP contribution in [0.4, 0.5) is 0 Å². The summed E-state index contributed by atoms with van der Waals surface area (Å²) < 4.78 is 34.1. The zero-order chi connectivity index (χ0) is 24.1. The van der Waals surface area contributed by atoms with Crippen LogP contribution in [0.5, 0.6) is 0 Å². The van der Waals surface area contributed by atoms with Crippen molar-refractivity contribution in [2.45, 2.75) is 81.5 Å². The molecule has 1 unspecified atom stereocenters. The van der Waals surface area contributed by atoms with Crippen LogP contribution < -0.4 is 4.72 Å². The van der Waals surface area contributed by atoms with E-state index in [-0.39, 0.29) is 22.7 Å². The van der Waals surface area contributed by atoms with Crippen LogP contribution in [0.15, 0.2) is 60.0 Å². The van der Waals surface area contributed by atoms with Crippen LogP contribution in [0, 0.1) is 11.3 Å². The summed E-state index contributed by atoms with van der Waals surface area (Å²) in [7, 11) is -3.23. The van der Waals surface area contributed by atoms with Crippen molar-refractivity contribution in [2.75, 3.05) is 6.26 Å². The lowest BCUT2D eigenvalue weighted by atomic mass is 9.58. The first-order valence-electron chi connectivity index (χ1n) is 13.1. The molecular weight excluding hydrogens is 456 g/mol. The van der Waals surface area contributed by atoms with Gasteiger partial charge in [-0.25, -0.2) is 13.1 Å². The van der Waals surface area contributed by atoms with E-state index in [1.165, 1.54) is 46.6 Å². The highest BCUT2D eigenvalue weighted by molar-refractivity contribution is 7.88.